The van der Waals surface area contributed by atoms with E-state index in [1.165, 1.54) is 0 Å². The minimum atomic E-state index is -0.0307. The number of nitrogens with zero attached hydrogens (tertiary/aromatic N) is 3. The molecule has 1 aromatic heterocycles. The van der Waals surface area contributed by atoms with E-state index in [4.69, 9.17) is 15.1 Å². The highest BCUT2D eigenvalue weighted by atomic mass is 16.5. The second-order valence-corrected chi connectivity index (χ2v) is 6.24. The molecule has 0 N–H and O–H groups in total. The van der Waals surface area contributed by atoms with Crippen molar-refractivity contribution in [1.29, 1.82) is 5.26 Å². The van der Waals surface area contributed by atoms with Gasteiger partial charge in [-0.3, -0.25) is 0 Å². The van der Waals surface area contributed by atoms with E-state index < -0.39 is 0 Å². The third-order valence-corrected chi connectivity index (χ3v) is 4.52. The molecule has 0 spiro atoms. The lowest BCUT2D eigenvalue weighted by molar-refractivity contribution is -0.0382. The van der Waals surface area contributed by atoms with E-state index in [1.807, 2.05) is 47.1 Å². The van der Waals surface area contributed by atoms with Crippen LogP contribution in [0.1, 0.15) is 31.1 Å². The minimum Gasteiger partial charge on any atom is -0.356 e. The van der Waals surface area contributed by atoms with Gasteiger partial charge >= 0.3 is 0 Å². The molecule has 4 rings (SSSR count). The van der Waals surface area contributed by atoms with E-state index in [0.29, 0.717) is 5.56 Å². The molecule has 4 heteroatoms. The molecule has 1 aliphatic rings. The van der Waals surface area contributed by atoms with Crippen molar-refractivity contribution < 1.29 is 4.74 Å². The van der Waals surface area contributed by atoms with E-state index in [0.717, 1.165) is 48.4 Å². The van der Waals surface area contributed by atoms with Crippen LogP contribution in [0.4, 0.5) is 0 Å². The highest BCUT2D eigenvalue weighted by Gasteiger charge is 2.21. The predicted molar refractivity (Wildman–Crippen MR) is 96.7 cm³/mol. The van der Waals surface area contributed by atoms with Crippen LogP contribution in [0, 0.1) is 11.3 Å². The van der Waals surface area contributed by atoms with Gasteiger partial charge in [-0.05, 0) is 43.0 Å². The van der Waals surface area contributed by atoms with Crippen molar-refractivity contribution >= 4 is 0 Å². The quantitative estimate of drug-likeness (QED) is 0.694. The molecular formula is C21H19N3O. The second-order valence-electron chi connectivity index (χ2n) is 6.24. The standard InChI is InChI=1S/C21H19N3O/c22-15-16-7-6-10-18(13-16)19-14-20(17-8-2-1-3-9-17)24(23-19)21-11-4-5-12-25-21/h1-3,6-10,13-14,21H,4-5,11-12H2. The Balaban J connectivity index is 1.81. The Morgan fingerprint density at radius 2 is 1.84 bits per heavy atom. The van der Waals surface area contributed by atoms with Crippen molar-refractivity contribution in [2.45, 2.75) is 25.5 Å². The van der Waals surface area contributed by atoms with Crippen molar-refractivity contribution in [3.63, 3.8) is 0 Å². The predicted octanol–water partition coefficient (Wildman–Crippen LogP) is 4.79. The lowest BCUT2D eigenvalue weighted by Gasteiger charge is -2.24. The van der Waals surface area contributed by atoms with Crippen molar-refractivity contribution in [2.75, 3.05) is 6.61 Å². The zero-order chi connectivity index (χ0) is 17.1. The largest absolute Gasteiger partial charge is 0.356 e. The maximum absolute atomic E-state index is 9.15. The third kappa shape index (κ3) is 3.19. The molecule has 1 saturated heterocycles. The van der Waals surface area contributed by atoms with Crippen LogP contribution < -0.4 is 0 Å². The Bertz CT molecular complexity index is 902. The van der Waals surface area contributed by atoms with Gasteiger partial charge in [-0.2, -0.15) is 10.4 Å². The fourth-order valence-corrected chi connectivity index (χ4v) is 3.24. The smallest absolute Gasteiger partial charge is 0.150 e. The molecule has 2 aromatic carbocycles. The lowest BCUT2D eigenvalue weighted by atomic mass is 10.1. The molecule has 0 aliphatic carbocycles. The number of aromatic nitrogens is 2. The molecule has 1 aliphatic heterocycles. The van der Waals surface area contributed by atoms with Gasteiger partial charge in [-0.1, -0.05) is 42.5 Å². The summed E-state index contributed by atoms with van der Waals surface area (Å²) in [4.78, 5) is 0. The highest BCUT2D eigenvalue weighted by molar-refractivity contribution is 5.69. The Morgan fingerprint density at radius 3 is 2.60 bits per heavy atom. The summed E-state index contributed by atoms with van der Waals surface area (Å²) in [5.74, 6) is 0. The first-order valence-corrected chi connectivity index (χ1v) is 8.62. The average molecular weight is 329 g/mol. The van der Waals surface area contributed by atoms with E-state index in [9.17, 15) is 0 Å². The monoisotopic (exact) mass is 329 g/mol. The Labute approximate surface area is 147 Å². The highest BCUT2D eigenvalue weighted by Crippen LogP contribution is 2.32. The van der Waals surface area contributed by atoms with Gasteiger partial charge in [0.05, 0.1) is 23.0 Å². The molecule has 1 unspecified atom stereocenters. The van der Waals surface area contributed by atoms with Crippen molar-refractivity contribution in [1.82, 2.24) is 9.78 Å². The number of benzene rings is 2. The van der Waals surface area contributed by atoms with Gasteiger partial charge in [0.15, 0.2) is 6.23 Å². The lowest BCUT2D eigenvalue weighted by Crippen LogP contribution is -2.20. The fourth-order valence-electron chi connectivity index (χ4n) is 3.24. The van der Waals surface area contributed by atoms with Gasteiger partial charge in [0, 0.05) is 12.2 Å². The van der Waals surface area contributed by atoms with Crippen molar-refractivity contribution in [3.05, 3.63) is 66.2 Å². The zero-order valence-corrected chi connectivity index (χ0v) is 13.9. The van der Waals surface area contributed by atoms with E-state index in [2.05, 4.69) is 24.3 Å². The molecule has 0 saturated carbocycles. The number of hydrogen-bond donors (Lipinski definition) is 0. The molecule has 25 heavy (non-hydrogen) atoms. The first-order chi connectivity index (χ1) is 12.3. The maximum atomic E-state index is 9.15. The molecule has 0 radical (unpaired) electrons. The normalized spacial score (nSPS) is 17.2. The fraction of sp³-hybridized carbons (Fsp3) is 0.238. The second kappa shape index (κ2) is 6.92. The first kappa shape index (κ1) is 15.6. The average Bonchev–Trinajstić information content (AvgIpc) is 3.15. The summed E-state index contributed by atoms with van der Waals surface area (Å²) in [7, 11) is 0. The van der Waals surface area contributed by atoms with Crippen LogP contribution in [-0.4, -0.2) is 16.4 Å². The molecule has 4 nitrogen and oxygen atoms in total. The topological polar surface area (TPSA) is 50.8 Å². The van der Waals surface area contributed by atoms with Gasteiger partial charge in [0.2, 0.25) is 0 Å². The number of hydrogen-bond acceptors (Lipinski definition) is 3. The first-order valence-electron chi connectivity index (χ1n) is 8.62. The van der Waals surface area contributed by atoms with E-state index in [1.54, 1.807) is 0 Å². The summed E-state index contributed by atoms with van der Waals surface area (Å²) in [5.41, 5.74) is 4.62. The Hall–Kier alpha value is -2.90. The van der Waals surface area contributed by atoms with Crippen LogP contribution in [-0.2, 0) is 4.74 Å². The maximum Gasteiger partial charge on any atom is 0.150 e. The van der Waals surface area contributed by atoms with Gasteiger partial charge < -0.3 is 4.74 Å². The molecule has 1 atom stereocenters. The van der Waals surface area contributed by atoms with Crippen LogP contribution >= 0.6 is 0 Å². The SMILES string of the molecule is N#Cc1cccc(-c2cc(-c3ccccc3)n(C3CCCCO3)n2)c1. The third-order valence-electron chi connectivity index (χ3n) is 4.52. The molecule has 1 fully saturated rings. The van der Waals surface area contributed by atoms with Gasteiger partial charge in [-0.15, -0.1) is 0 Å². The van der Waals surface area contributed by atoms with Crippen molar-refractivity contribution in [2.24, 2.45) is 0 Å². The van der Waals surface area contributed by atoms with Crippen molar-refractivity contribution in [3.8, 4) is 28.6 Å². The van der Waals surface area contributed by atoms with E-state index in [-0.39, 0.29) is 6.23 Å². The summed E-state index contributed by atoms with van der Waals surface area (Å²) in [5, 5.41) is 14.0. The minimum absolute atomic E-state index is 0.0307. The number of rotatable bonds is 3. The van der Waals surface area contributed by atoms with Crippen LogP contribution in [0.5, 0.6) is 0 Å². The van der Waals surface area contributed by atoms with E-state index >= 15 is 0 Å². The Morgan fingerprint density at radius 1 is 1.00 bits per heavy atom. The van der Waals surface area contributed by atoms with Gasteiger partial charge in [-0.25, -0.2) is 4.68 Å². The summed E-state index contributed by atoms with van der Waals surface area (Å²) < 4.78 is 7.97. The van der Waals surface area contributed by atoms with Gasteiger partial charge in [0.1, 0.15) is 0 Å². The summed E-state index contributed by atoms with van der Waals surface area (Å²) in [6, 6.07) is 22.1. The van der Waals surface area contributed by atoms with Crippen LogP contribution in [0.2, 0.25) is 0 Å². The zero-order valence-electron chi connectivity index (χ0n) is 13.9. The van der Waals surface area contributed by atoms with Gasteiger partial charge in [0.25, 0.3) is 0 Å². The molecule has 0 bridgehead atoms. The molecule has 2 heterocycles. The van der Waals surface area contributed by atoms with Crippen LogP contribution in [0.3, 0.4) is 0 Å². The molecule has 3 aromatic rings. The number of nitriles is 1. The summed E-state index contributed by atoms with van der Waals surface area (Å²) in [6.45, 7) is 0.776. The molecular weight excluding hydrogens is 310 g/mol. The number of ether oxygens (including phenoxy) is 1. The van der Waals surface area contributed by atoms with Crippen LogP contribution in [0.15, 0.2) is 60.7 Å². The summed E-state index contributed by atoms with van der Waals surface area (Å²) >= 11 is 0. The molecule has 124 valence electrons. The molecule has 0 amide bonds. The Kier molecular flexibility index (Phi) is 4.32. The van der Waals surface area contributed by atoms with Crippen LogP contribution in [0.25, 0.3) is 22.5 Å². The summed E-state index contributed by atoms with van der Waals surface area (Å²) in [6.07, 6.45) is 3.20.